The first-order chi connectivity index (χ1) is 7.19. The highest BCUT2D eigenvalue weighted by atomic mass is 32.1. The zero-order valence-electron chi connectivity index (χ0n) is 9.67. The van der Waals surface area contributed by atoms with Crippen LogP contribution in [0.25, 0.3) is 0 Å². The van der Waals surface area contributed by atoms with Crippen molar-refractivity contribution in [2.75, 3.05) is 14.2 Å². The second-order valence-corrected chi connectivity index (χ2v) is 4.64. The molecular formula is C12H19NOS. The highest BCUT2D eigenvalue weighted by Crippen LogP contribution is 2.33. The van der Waals surface area contributed by atoms with Gasteiger partial charge in [-0.05, 0) is 38.3 Å². The lowest BCUT2D eigenvalue weighted by molar-refractivity contribution is 0.403. The second-order valence-electron chi connectivity index (χ2n) is 3.69. The van der Waals surface area contributed by atoms with Crippen molar-refractivity contribution in [1.82, 2.24) is 5.32 Å². The molecule has 0 saturated carbocycles. The Hall–Kier alpha value is -0.800. The van der Waals surface area contributed by atoms with E-state index in [4.69, 9.17) is 4.74 Å². The molecule has 1 N–H and O–H groups in total. The molecule has 2 nitrogen and oxygen atoms in total. The van der Waals surface area contributed by atoms with Gasteiger partial charge < -0.3 is 10.1 Å². The molecule has 0 aliphatic carbocycles. The van der Waals surface area contributed by atoms with Gasteiger partial charge in [-0.2, -0.15) is 0 Å². The van der Waals surface area contributed by atoms with Gasteiger partial charge in [-0.25, -0.2) is 0 Å². The summed E-state index contributed by atoms with van der Waals surface area (Å²) in [5.41, 5.74) is 1.23. The molecule has 0 radical (unpaired) electrons. The molecule has 1 heterocycles. The number of rotatable bonds is 6. The van der Waals surface area contributed by atoms with Crippen LogP contribution in [0.2, 0.25) is 0 Å². The lowest BCUT2D eigenvalue weighted by Crippen LogP contribution is -2.15. The van der Waals surface area contributed by atoms with Crippen LogP contribution in [0, 0.1) is 0 Å². The fourth-order valence-electron chi connectivity index (χ4n) is 1.53. The predicted molar refractivity (Wildman–Crippen MR) is 66.7 cm³/mol. The smallest absolute Gasteiger partial charge is 0.134 e. The first-order valence-corrected chi connectivity index (χ1v) is 6.00. The maximum atomic E-state index is 5.32. The van der Waals surface area contributed by atoms with Gasteiger partial charge in [-0.15, -0.1) is 17.9 Å². The van der Waals surface area contributed by atoms with E-state index in [1.54, 1.807) is 18.4 Å². The summed E-state index contributed by atoms with van der Waals surface area (Å²) in [7, 11) is 3.71. The zero-order valence-corrected chi connectivity index (χ0v) is 10.5. The zero-order chi connectivity index (χ0) is 11.3. The van der Waals surface area contributed by atoms with Gasteiger partial charge in [-0.3, -0.25) is 0 Å². The Kier molecular flexibility index (Phi) is 4.85. The molecule has 1 aromatic rings. The molecule has 0 aromatic carbocycles. The molecule has 0 saturated heterocycles. The fraction of sp³-hybridized carbons (Fsp3) is 0.500. The van der Waals surface area contributed by atoms with Crippen LogP contribution < -0.4 is 10.1 Å². The molecule has 1 rings (SSSR count). The maximum Gasteiger partial charge on any atom is 0.134 e. The summed E-state index contributed by atoms with van der Waals surface area (Å²) in [6.45, 7) is 6.00. The van der Waals surface area contributed by atoms with Crippen LogP contribution in [0.3, 0.4) is 0 Å². The van der Waals surface area contributed by atoms with Crippen LogP contribution in [0.5, 0.6) is 5.75 Å². The standard InChI is InChI=1S/C12H19NOS/c1-9(2)5-6-10(13-3)12-11(14-4)7-8-15-12/h7-8,10,13H,1,5-6H2,2-4H3. The van der Waals surface area contributed by atoms with Gasteiger partial charge in [-0.1, -0.05) is 5.57 Å². The third kappa shape index (κ3) is 3.36. The largest absolute Gasteiger partial charge is 0.496 e. The van der Waals surface area contributed by atoms with Crippen molar-refractivity contribution in [3.63, 3.8) is 0 Å². The Morgan fingerprint density at radius 2 is 2.40 bits per heavy atom. The van der Waals surface area contributed by atoms with Gasteiger partial charge in [0.25, 0.3) is 0 Å². The number of ether oxygens (including phenoxy) is 1. The van der Waals surface area contributed by atoms with E-state index in [0.29, 0.717) is 6.04 Å². The number of methoxy groups -OCH3 is 1. The monoisotopic (exact) mass is 225 g/mol. The van der Waals surface area contributed by atoms with Gasteiger partial charge in [0, 0.05) is 6.04 Å². The van der Waals surface area contributed by atoms with Crippen molar-refractivity contribution in [1.29, 1.82) is 0 Å². The van der Waals surface area contributed by atoms with E-state index in [-0.39, 0.29) is 0 Å². The number of hydrogen-bond donors (Lipinski definition) is 1. The molecule has 15 heavy (non-hydrogen) atoms. The van der Waals surface area contributed by atoms with E-state index < -0.39 is 0 Å². The van der Waals surface area contributed by atoms with Crippen molar-refractivity contribution in [2.24, 2.45) is 0 Å². The topological polar surface area (TPSA) is 21.3 Å². The SMILES string of the molecule is C=C(C)CCC(NC)c1sccc1OC. The van der Waals surface area contributed by atoms with E-state index in [2.05, 4.69) is 24.2 Å². The van der Waals surface area contributed by atoms with Crippen molar-refractivity contribution >= 4 is 11.3 Å². The summed E-state index contributed by atoms with van der Waals surface area (Å²) >= 11 is 1.74. The van der Waals surface area contributed by atoms with E-state index in [9.17, 15) is 0 Å². The molecule has 3 heteroatoms. The fourth-order valence-corrected chi connectivity index (χ4v) is 2.53. The minimum absolute atomic E-state index is 0.372. The van der Waals surface area contributed by atoms with E-state index in [1.807, 2.05) is 13.1 Å². The third-order valence-electron chi connectivity index (χ3n) is 2.40. The van der Waals surface area contributed by atoms with Crippen LogP contribution in [0.1, 0.15) is 30.7 Å². The molecule has 0 aliphatic heterocycles. The van der Waals surface area contributed by atoms with Gasteiger partial charge in [0.1, 0.15) is 5.75 Å². The van der Waals surface area contributed by atoms with Crippen LogP contribution in [-0.4, -0.2) is 14.2 Å². The molecule has 0 amide bonds. The summed E-state index contributed by atoms with van der Waals surface area (Å²) in [5, 5.41) is 5.39. The molecule has 1 atom stereocenters. The average molecular weight is 225 g/mol. The van der Waals surface area contributed by atoms with Gasteiger partial charge in [0.05, 0.1) is 12.0 Å². The Morgan fingerprint density at radius 3 is 2.93 bits per heavy atom. The number of hydrogen-bond acceptors (Lipinski definition) is 3. The normalized spacial score (nSPS) is 12.5. The minimum atomic E-state index is 0.372. The third-order valence-corrected chi connectivity index (χ3v) is 3.41. The molecule has 0 aliphatic rings. The number of allylic oxidation sites excluding steroid dienone is 1. The molecular weight excluding hydrogens is 206 g/mol. The Labute approximate surface area is 96.0 Å². The first-order valence-electron chi connectivity index (χ1n) is 5.12. The lowest BCUT2D eigenvalue weighted by Gasteiger charge is -2.16. The first kappa shape index (κ1) is 12.3. The van der Waals surface area contributed by atoms with Crippen molar-refractivity contribution < 1.29 is 4.74 Å². The molecule has 1 unspecified atom stereocenters. The van der Waals surface area contributed by atoms with E-state index >= 15 is 0 Å². The molecule has 1 aromatic heterocycles. The quantitative estimate of drug-likeness (QED) is 0.749. The number of nitrogens with one attached hydrogen (secondary N) is 1. The summed E-state index contributed by atoms with van der Waals surface area (Å²) in [4.78, 5) is 1.28. The van der Waals surface area contributed by atoms with Crippen LogP contribution in [-0.2, 0) is 0 Å². The summed E-state index contributed by atoms with van der Waals surface area (Å²) in [6.07, 6.45) is 2.12. The van der Waals surface area contributed by atoms with Gasteiger partial charge in [0.15, 0.2) is 0 Å². The summed E-state index contributed by atoms with van der Waals surface area (Å²) in [6, 6.07) is 2.39. The molecule has 84 valence electrons. The molecule has 0 spiro atoms. The van der Waals surface area contributed by atoms with Crippen molar-refractivity contribution in [3.05, 3.63) is 28.5 Å². The lowest BCUT2D eigenvalue weighted by atomic mass is 10.1. The van der Waals surface area contributed by atoms with E-state index in [1.165, 1.54) is 10.5 Å². The average Bonchev–Trinajstić information content (AvgIpc) is 2.66. The Morgan fingerprint density at radius 1 is 1.67 bits per heavy atom. The van der Waals surface area contributed by atoms with E-state index in [0.717, 1.165) is 18.6 Å². The van der Waals surface area contributed by atoms with Crippen LogP contribution in [0.4, 0.5) is 0 Å². The van der Waals surface area contributed by atoms with Crippen molar-refractivity contribution in [2.45, 2.75) is 25.8 Å². The molecule has 0 bridgehead atoms. The number of thiophene rings is 1. The Balaban J connectivity index is 2.69. The van der Waals surface area contributed by atoms with Gasteiger partial charge in [0.2, 0.25) is 0 Å². The van der Waals surface area contributed by atoms with Gasteiger partial charge >= 0.3 is 0 Å². The minimum Gasteiger partial charge on any atom is -0.496 e. The second kappa shape index (κ2) is 5.93. The highest BCUT2D eigenvalue weighted by Gasteiger charge is 2.15. The summed E-state index contributed by atoms with van der Waals surface area (Å²) < 4.78 is 5.32. The summed E-state index contributed by atoms with van der Waals surface area (Å²) in [5.74, 6) is 0.987. The molecule has 0 fully saturated rings. The maximum absolute atomic E-state index is 5.32. The van der Waals surface area contributed by atoms with Crippen LogP contribution in [0.15, 0.2) is 23.6 Å². The Bertz CT molecular complexity index is 319. The van der Waals surface area contributed by atoms with Crippen molar-refractivity contribution in [3.8, 4) is 5.75 Å². The predicted octanol–water partition coefficient (Wildman–Crippen LogP) is 3.37. The van der Waals surface area contributed by atoms with Crippen LogP contribution >= 0.6 is 11.3 Å². The highest BCUT2D eigenvalue weighted by molar-refractivity contribution is 7.10.